The van der Waals surface area contributed by atoms with Crippen LogP contribution in [-0.4, -0.2) is 23.3 Å². The van der Waals surface area contributed by atoms with Gasteiger partial charge in [-0.25, -0.2) is 0 Å². The van der Waals surface area contributed by atoms with Crippen molar-refractivity contribution >= 4 is 29.0 Å². The lowest BCUT2D eigenvalue weighted by molar-refractivity contribution is 0.0530. The number of rotatable bonds is 6. The van der Waals surface area contributed by atoms with Crippen LogP contribution in [0.2, 0.25) is 0 Å². The molecule has 0 aliphatic carbocycles. The maximum absolute atomic E-state index is 12.2. The molecule has 0 bridgehead atoms. The molecule has 3 nitrogen and oxygen atoms in total. The molecule has 0 radical (unpaired) electrons. The molecular weight excluding hydrogens is 328 g/mol. The monoisotopic (exact) mass is 343 g/mol. The molecule has 118 valence electrons. The number of halogens is 2. The highest BCUT2D eigenvalue weighted by atomic mass is 32.2. The van der Waals surface area contributed by atoms with E-state index in [-0.39, 0.29) is 12.5 Å². The Labute approximate surface area is 135 Å². The molecule has 2 aromatic rings. The van der Waals surface area contributed by atoms with Gasteiger partial charge in [0.1, 0.15) is 5.60 Å². The van der Waals surface area contributed by atoms with Crippen molar-refractivity contribution in [2.24, 2.45) is 0 Å². The molecule has 1 heterocycles. The summed E-state index contributed by atoms with van der Waals surface area (Å²) < 4.78 is 24.4. The van der Waals surface area contributed by atoms with Gasteiger partial charge in [0.05, 0.1) is 6.54 Å². The number of thiophene rings is 1. The number of hydrogen-bond acceptors (Lipinski definition) is 4. The van der Waals surface area contributed by atoms with E-state index < -0.39 is 11.4 Å². The van der Waals surface area contributed by atoms with E-state index in [9.17, 15) is 18.7 Å². The minimum atomic E-state index is -2.49. The Hall–Kier alpha value is -1.44. The van der Waals surface area contributed by atoms with Crippen molar-refractivity contribution in [3.63, 3.8) is 0 Å². The number of alkyl halides is 2. The zero-order valence-corrected chi connectivity index (χ0v) is 13.4. The van der Waals surface area contributed by atoms with Gasteiger partial charge in [-0.3, -0.25) is 4.79 Å². The van der Waals surface area contributed by atoms with Crippen LogP contribution in [0.25, 0.3) is 0 Å². The molecule has 1 atom stereocenters. The first-order chi connectivity index (χ1) is 10.4. The molecule has 2 rings (SSSR count). The summed E-state index contributed by atoms with van der Waals surface area (Å²) in [6.45, 7) is 1.69. The highest BCUT2D eigenvalue weighted by molar-refractivity contribution is 7.99. The third-order valence-electron chi connectivity index (χ3n) is 3.08. The average Bonchev–Trinajstić information content (AvgIpc) is 3.00. The lowest BCUT2D eigenvalue weighted by atomic mass is 9.99. The van der Waals surface area contributed by atoms with Crippen molar-refractivity contribution in [2.75, 3.05) is 6.54 Å². The minimum Gasteiger partial charge on any atom is -0.384 e. The largest absolute Gasteiger partial charge is 0.384 e. The number of nitrogens with one attached hydrogen (secondary N) is 1. The van der Waals surface area contributed by atoms with Crippen LogP contribution >= 0.6 is 23.1 Å². The van der Waals surface area contributed by atoms with Crippen molar-refractivity contribution in [1.29, 1.82) is 0 Å². The van der Waals surface area contributed by atoms with Gasteiger partial charge in [0, 0.05) is 10.5 Å². The van der Waals surface area contributed by atoms with Gasteiger partial charge in [-0.2, -0.15) is 20.1 Å². The molecule has 2 N–H and O–H groups in total. The maximum Gasteiger partial charge on any atom is 0.288 e. The molecule has 0 saturated heterocycles. The number of amides is 1. The zero-order chi connectivity index (χ0) is 16.2. The van der Waals surface area contributed by atoms with Crippen molar-refractivity contribution < 1.29 is 18.7 Å². The summed E-state index contributed by atoms with van der Waals surface area (Å²) >= 11 is 1.90. The van der Waals surface area contributed by atoms with Crippen LogP contribution in [0.1, 0.15) is 22.8 Å². The van der Waals surface area contributed by atoms with Crippen molar-refractivity contribution in [2.45, 2.75) is 23.2 Å². The van der Waals surface area contributed by atoms with Crippen molar-refractivity contribution in [1.82, 2.24) is 5.32 Å². The predicted molar refractivity (Wildman–Crippen MR) is 84.5 cm³/mol. The summed E-state index contributed by atoms with van der Waals surface area (Å²) in [5.74, 6) is -2.84. The van der Waals surface area contributed by atoms with Gasteiger partial charge in [0.25, 0.3) is 11.7 Å². The molecule has 0 aliphatic heterocycles. The first-order valence-electron chi connectivity index (χ1n) is 6.46. The van der Waals surface area contributed by atoms with Crippen LogP contribution in [0.3, 0.4) is 0 Å². The van der Waals surface area contributed by atoms with E-state index in [0.29, 0.717) is 22.2 Å². The first kappa shape index (κ1) is 16.9. The number of aliphatic hydroxyl groups is 1. The molecular formula is C15H15F2NO2S2. The Kier molecular flexibility index (Phi) is 5.55. The number of carbonyl (C=O) groups excluding carboxylic acids is 1. The standard InChI is InChI=1S/C15H15F2NO2S2/c1-15(20,11-6-7-21-8-11)9-18-13(19)10-2-4-12(5-3-10)22-14(16)17/h2-8,14,20H,9H2,1H3,(H,18,19). The lowest BCUT2D eigenvalue weighted by Gasteiger charge is -2.22. The van der Waals surface area contributed by atoms with Crippen LogP contribution in [-0.2, 0) is 5.60 Å². The predicted octanol–water partition coefficient (Wildman–Crippen LogP) is 3.70. The fraction of sp³-hybridized carbons (Fsp3) is 0.267. The molecule has 22 heavy (non-hydrogen) atoms. The van der Waals surface area contributed by atoms with E-state index in [1.165, 1.54) is 35.6 Å². The van der Waals surface area contributed by atoms with Crippen LogP contribution in [0.15, 0.2) is 46.0 Å². The summed E-state index contributed by atoms with van der Waals surface area (Å²) in [6.07, 6.45) is 0. The van der Waals surface area contributed by atoms with Gasteiger partial charge in [-0.15, -0.1) is 0 Å². The zero-order valence-electron chi connectivity index (χ0n) is 11.8. The molecule has 0 fully saturated rings. The van der Waals surface area contributed by atoms with E-state index in [4.69, 9.17) is 0 Å². The number of hydrogen-bond donors (Lipinski definition) is 2. The summed E-state index contributed by atoms with van der Waals surface area (Å²) in [4.78, 5) is 12.4. The summed E-state index contributed by atoms with van der Waals surface area (Å²) in [6, 6.07) is 7.72. The lowest BCUT2D eigenvalue weighted by Crippen LogP contribution is -2.38. The van der Waals surface area contributed by atoms with Crippen LogP contribution in [0, 0.1) is 0 Å². The molecule has 7 heteroatoms. The minimum absolute atomic E-state index is 0.0656. The van der Waals surface area contributed by atoms with Crippen LogP contribution in [0.4, 0.5) is 8.78 Å². The molecule has 1 aromatic heterocycles. The van der Waals surface area contributed by atoms with E-state index >= 15 is 0 Å². The SMILES string of the molecule is CC(O)(CNC(=O)c1ccc(SC(F)F)cc1)c1ccsc1. The molecule has 1 unspecified atom stereocenters. The normalized spacial score (nSPS) is 13.9. The third kappa shape index (κ3) is 4.53. The van der Waals surface area contributed by atoms with E-state index in [0.717, 1.165) is 5.56 Å². The Morgan fingerprint density at radius 2 is 2.05 bits per heavy atom. The molecule has 1 amide bonds. The van der Waals surface area contributed by atoms with Gasteiger partial charge in [0.15, 0.2) is 0 Å². The fourth-order valence-electron chi connectivity index (χ4n) is 1.82. The summed E-state index contributed by atoms with van der Waals surface area (Å²) in [7, 11) is 0. The Morgan fingerprint density at radius 1 is 1.36 bits per heavy atom. The second kappa shape index (κ2) is 7.21. The number of benzene rings is 1. The second-order valence-corrected chi connectivity index (χ2v) is 6.71. The van der Waals surface area contributed by atoms with Gasteiger partial charge < -0.3 is 10.4 Å². The summed E-state index contributed by atoms with van der Waals surface area (Å²) in [5.41, 5.74) is -0.0533. The third-order valence-corrected chi connectivity index (χ3v) is 4.48. The van der Waals surface area contributed by atoms with Gasteiger partial charge >= 0.3 is 0 Å². The Morgan fingerprint density at radius 3 is 2.59 bits per heavy atom. The van der Waals surface area contributed by atoms with Crippen molar-refractivity contribution in [3.05, 3.63) is 52.2 Å². The number of carbonyl (C=O) groups is 1. The number of thioether (sulfide) groups is 1. The van der Waals surface area contributed by atoms with E-state index in [2.05, 4.69) is 5.32 Å². The van der Waals surface area contributed by atoms with Gasteiger partial charge in [-0.1, -0.05) is 11.8 Å². The molecule has 0 aliphatic rings. The molecule has 0 saturated carbocycles. The van der Waals surface area contributed by atoms with E-state index in [1.807, 2.05) is 10.8 Å². The average molecular weight is 343 g/mol. The maximum atomic E-state index is 12.2. The topological polar surface area (TPSA) is 49.3 Å². The van der Waals surface area contributed by atoms with Gasteiger partial charge in [0.2, 0.25) is 0 Å². The van der Waals surface area contributed by atoms with Crippen LogP contribution < -0.4 is 5.32 Å². The smallest absolute Gasteiger partial charge is 0.288 e. The van der Waals surface area contributed by atoms with E-state index in [1.54, 1.807) is 13.0 Å². The highest BCUT2D eigenvalue weighted by Gasteiger charge is 2.24. The van der Waals surface area contributed by atoms with Gasteiger partial charge in [-0.05, 0) is 53.6 Å². The van der Waals surface area contributed by atoms with Crippen LogP contribution in [0.5, 0.6) is 0 Å². The first-order valence-corrected chi connectivity index (χ1v) is 8.29. The quantitative estimate of drug-likeness (QED) is 0.786. The highest BCUT2D eigenvalue weighted by Crippen LogP contribution is 2.25. The second-order valence-electron chi connectivity index (χ2n) is 4.87. The molecule has 1 aromatic carbocycles. The summed E-state index contributed by atoms with van der Waals surface area (Å²) in [5, 5.41) is 16.6. The molecule has 0 spiro atoms. The van der Waals surface area contributed by atoms with Crippen molar-refractivity contribution in [3.8, 4) is 0 Å². The Balaban J connectivity index is 1.95. The Bertz CT molecular complexity index is 613. The fourth-order valence-corrected chi connectivity index (χ4v) is 3.10.